The number of likely N-dealkylation sites (tertiary alicyclic amines) is 1. The molecular weight excluding hydrogens is 280 g/mol. The monoisotopic (exact) mass is 306 g/mol. The van der Waals surface area contributed by atoms with Gasteiger partial charge in [0, 0.05) is 42.5 Å². The highest BCUT2D eigenvalue weighted by Crippen LogP contribution is 2.29. The molecule has 0 spiro atoms. The maximum Gasteiger partial charge on any atom is 0.227 e. The molecular formula is C17H26N2OS. The molecule has 4 heteroatoms. The summed E-state index contributed by atoms with van der Waals surface area (Å²) in [6.45, 7) is 10.2. The normalized spacial score (nSPS) is 21.4. The van der Waals surface area contributed by atoms with Crippen LogP contribution in [0.2, 0.25) is 0 Å². The molecule has 1 aromatic heterocycles. The molecule has 0 radical (unpaired) electrons. The molecule has 116 valence electrons. The van der Waals surface area contributed by atoms with Crippen LogP contribution in [-0.2, 0) is 17.8 Å². The van der Waals surface area contributed by atoms with Crippen LogP contribution in [0.3, 0.4) is 0 Å². The molecule has 1 saturated heterocycles. The summed E-state index contributed by atoms with van der Waals surface area (Å²) >= 11 is 1.90. The highest BCUT2D eigenvalue weighted by Gasteiger charge is 2.32. The van der Waals surface area contributed by atoms with E-state index in [0.717, 1.165) is 32.5 Å². The molecule has 3 heterocycles. The number of carbonyl (C=O) groups is 1. The average molecular weight is 306 g/mol. The number of hydrogen-bond acceptors (Lipinski definition) is 3. The van der Waals surface area contributed by atoms with Crippen molar-refractivity contribution < 1.29 is 4.79 Å². The molecule has 3 nitrogen and oxygen atoms in total. The van der Waals surface area contributed by atoms with E-state index < -0.39 is 0 Å². The van der Waals surface area contributed by atoms with Gasteiger partial charge in [-0.1, -0.05) is 20.8 Å². The van der Waals surface area contributed by atoms with E-state index in [0.29, 0.717) is 11.9 Å². The predicted molar refractivity (Wildman–Crippen MR) is 87.5 cm³/mol. The lowest BCUT2D eigenvalue weighted by atomic mass is 9.92. The summed E-state index contributed by atoms with van der Waals surface area (Å²) in [6, 6.07) is 2.94. The van der Waals surface area contributed by atoms with E-state index in [1.807, 2.05) is 32.1 Å². The minimum atomic E-state index is -0.246. The Hall–Kier alpha value is -0.870. The van der Waals surface area contributed by atoms with E-state index in [9.17, 15) is 4.79 Å². The molecule has 0 aromatic carbocycles. The van der Waals surface area contributed by atoms with Gasteiger partial charge in [0.05, 0.1) is 0 Å². The number of thiophene rings is 1. The molecule has 0 unspecified atom stereocenters. The number of rotatable bonds is 1. The third-order valence-electron chi connectivity index (χ3n) is 4.75. The summed E-state index contributed by atoms with van der Waals surface area (Å²) in [5.41, 5.74) is 1.28. The Morgan fingerprint density at radius 2 is 1.95 bits per heavy atom. The van der Waals surface area contributed by atoms with E-state index in [2.05, 4.69) is 21.2 Å². The fourth-order valence-electron chi connectivity index (χ4n) is 3.49. The molecule has 0 atom stereocenters. The van der Waals surface area contributed by atoms with Crippen molar-refractivity contribution in [3.63, 3.8) is 0 Å². The van der Waals surface area contributed by atoms with Crippen molar-refractivity contribution in [3.8, 4) is 0 Å². The van der Waals surface area contributed by atoms with E-state index in [4.69, 9.17) is 0 Å². The van der Waals surface area contributed by atoms with Gasteiger partial charge in [-0.3, -0.25) is 9.69 Å². The minimum absolute atomic E-state index is 0.246. The number of hydrogen-bond donors (Lipinski definition) is 0. The van der Waals surface area contributed by atoms with Crippen molar-refractivity contribution in [2.24, 2.45) is 5.41 Å². The van der Waals surface area contributed by atoms with Crippen molar-refractivity contribution in [2.45, 2.75) is 52.6 Å². The highest BCUT2D eigenvalue weighted by molar-refractivity contribution is 7.10. The second kappa shape index (κ2) is 5.73. The molecule has 0 N–H and O–H groups in total. The fourth-order valence-corrected chi connectivity index (χ4v) is 4.38. The maximum absolute atomic E-state index is 12.3. The number of nitrogens with zero attached hydrogens (tertiary/aromatic N) is 2. The molecule has 0 aliphatic carbocycles. The quantitative estimate of drug-likeness (QED) is 0.796. The number of piperidine rings is 1. The van der Waals surface area contributed by atoms with Crippen molar-refractivity contribution in [1.82, 2.24) is 9.80 Å². The predicted octanol–water partition coefficient (Wildman–Crippen LogP) is 3.14. The van der Waals surface area contributed by atoms with Gasteiger partial charge in [-0.2, -0.15) is 0 Å². The fraction of sp³-hybridized carbons (Fsp3) is 0.706. The number of carbonyl (C=O) groups excluding carboxylic acids is 1. The second-order valence-corrected chi connectivity index (χ2v) is 8.36. The first kappa shape index (κ1) is 15.0. The third-order valence-corrected chi connectivity index (χ3v) is 5.77. The van der Waals surface area contributed by atoms with Crippen LogP contribution < -0.4 is 0 Å². The Labute approximate surface area is 131 Å². The molecule has 1 amide bonds. The molecule has 1 aromatic rings. The van der Waals surface area contributed by atoms with Gasteiger partial charge in [-0.25, -0.2) is 0 Å². The summed E-state index contributed by atoms with van der Waals surface area (Å²) in [5.74, 6) is 0.305. The lowest BCUT2D eigenvalue weighted by molar-refractivity contribution is -0.141. The first-order chi connectivity index (χ1) is 9.95. The lowest BCUT2D eigenvalue weighted by Crippen LogP contribution is -2.50. The standard InChI is InChI=1S/C17H26N2OS/c1-17(2,3)16(20)18-8-4-14(5-9-18)19-10-6-15-13(12-19)7-11-21-15/h7,11,14H,4-6,8-10,12H2,1-3H3. The van der Waals surface area contributed by atoms with Crippen molar-refractivity contribution >= 4 is 17.2 Å². The Bertz CT molecular complexity index is 509. The molecule has 3 rings (SSSR count). The SMILES string of the molecule is CC(C)(C)C(=O)N1CCC(N2CCc3sccc3C2)CC1. The van der Waals surface area contributed by atoms with Crippen molar-refractivity contribution in [3.05, 3.63) is 21.9 Å². The Balaban J connectivity index is 1.56. The topological polar surface area (TPSA) is 23.6 Å². The minimum Gasteiger partial charge on any atom is -0.342 e. The van der Waals surface area contributed by atoms with Crippen LogP contribution >= 0.6 is 11.3 Å². The van der Waals surface area contributed by atoms with Crippen LogP contribution in [0.5, 0.6) is 0 Å². The van der Waals surface area contributed by atoms with Gasteiger partial charge in [-0.15, -0.1) is 11.3 Å². The first-order valence-electron chi connectivity index (χ1n) is 8.04. The van der Waals surface area contributed by atoms with Gasteiger partial charge < -0.3 is 4.90 Å². The summed E-state index contributed by atoms with van der Waals surface area (Å²) in [6.07, 6.45) is 3.46. The summed E-state index contributed by atoms with van der Waals surface area (Å²) in [5, 5.41) is 2.22. The van der Waals surface area contributed by atoms with Crippen LogP contribution in [0, 0.1) is 5.41 Å². The summed E-state index contributed by atoms with van der Waals surface area (Å²) in [4.78, 5) is 18.6. The van der Waals surface area contributed by atoms with E-state index in [-0.39, 0.29) is 5.41 Å². The summed E-state index contributed by atoms with van der Waals surface area (Å²) < 4.78 is 0. The third kappa shape index (κ3) is 3.16. The van der Waals surface area contributed by atoms with Crippen molar-refractivity contribution in [2.75, 3.05) is 19.6 Å². The lowest BCUT2D eigenvalue weighted by Gasteiger charge is -2.41. The molecule has 0 saturated carbocycles. The zero-order valence-electron chi connectivity index (χ0n) is 13.4. The van der Waals surface area contributed by atoms with Crippen molar-refractivity contribution in [1.29, 1.82) is 0 Å². The molecule has 1 fully saturated rings. The Kier molecular flexibility index (Phi) is 4.10. The van der Waals surface area contributed by atoms with Crippen LogP contribution in [-0.4, -0.2) is 41.4 Å². The second-order valence-electron chi connectivity index (χ2n) is 7.36. The summed E-state index contributed by atoms with van der Waals surface area (Å²) in [7, 11) is 0. The van der Waals surface area contributed by atoms with Gasteiger partial charge in [0.1, 0.15) is 0 Å². The Morgan fingerprint density at radius 1 is 1.24 bits per heavy atom. The van der Waals surface area contributed by atoms with Crippen LogP contribution in [0.4, 0.5) is 0 Å². The van der Waals surface area contributed by atoms with Gasteiger partial charge in [0.15, 0.2) is 0 Å². The van der Waals surface area contributed by atoms with Gasteiger partial charge >= 0.3 is 0 Å². The highest BCUT2D eigenvalue weighted by atomic mass is 32.1. The van der Waals surface area contributed by atoms with Crippen LogP contribution in [0.1, 0.15) is 44.1 Å². The molecule has 2 aliphatic heterocycles. The first-order valence-corrected chi connectivity index (χ1v) is 8.92. The van der Waals surface area contributed by atoms with Crippen LogP contribution in [0.25, 0.3) is 0 Å². The average Bonchev–Trinajstić information content (AvgIpc) is 2.93. The maximum atomic E-state index is 12.3. The van der Waals surface area contributed by atoms with E-state index in [1.165, 1.54) is 18.5 Å². The smallest absolute Gasteiger partial charge is 0.227 e. The zero-order valence-corrected chi connectivity index (χ0v) is 14.2. The molecule has 2 aliphatic rings. The molecule has 0 bridgehead atoms. The van der Waals surface area contributed by atoms with E-state index in [1.54, 1.807) is 4.88 Å². The van der Waals surface area contributed by atoms with Crippen LogP contribution in [0.15, 0.2) is 11.4 Å². The largest absolute Gasteiger partial charge is 0.342 e. The number of amides is 1. The van der Waals surface area contributed by atoms with Gasteiger partial charge in [0.2, 0.25) is 5.91 Å². The number of fused-ring (bicyclic) bond motifs is 1. The zero-order chi connectivity index (χ0) is 15.0. The van der Waals surface area contributed by atoms with Gasteiger partial charge in [-0.05, 0) is 36.3 Å². The molecule has 21 heavy (non-hydrogen) atoms. The van der Waals surface area contributed by atoms with Gasteiger partial charge in [0.25, 0.3) is 0 Å². The Morgan fingerprint density at radius 3 is 2.62 bits per heavy atom. The van der Waals surface area contributed by atoms with E-state index >= 15 is 0 Å².